The molecule has 1 aromatic heterocycles. The molecule has 0 unspecified atom stereocenters. The third-order valence-corrected chi connectivity index (χ3v) is 4.81. The van der Waals surface area contributed by atoms with Gasteiger partial charge in [0.15, 0.2) is 5.13 Å². The van der Waals surface area contributed by atoms with E-state index in [9.17, 15) is 9.59 Å². The first-order chi connectivity index (χ1) is 12.1. The van der Waals surface area contributed by atoms with E-state index in [1.54, 1.807) is 17.9 Å². The molecule has 2 amide bonds. The minimum atomic E-state index is -0.275. The molecular weight excluding hydrogens is 338 g/mol. The highest BCUT2D eigenvalue weighted by atomic mass is 32.1. The van der Waals surface area contributed by atoms with Gasteiger partial charge in [-0.3, -0.25) is 14.9 Å². The second kappa shape index (κ2) is 8.04. The molecule has 2 heterocycles. The maximum Gasteiger partial charge on any atom is 0.266 e. The highest BCUT2D eigenvalue weighted by molar-refractivity contribution is 7.17. The molecule has 25 heavy (non-hydrogen) atoms. The number of amides is 2. The quantitative estimate of drug-likeness (QED) is 0.854. The third-order valence-electron chi connectivity index (χ3n) is 3.75. The minimum Gasteiger partial charge on any atom is -0.378 e. The van der Waals surface area contributed by atoms with Crippen LogP contribution in [0.1, 0.15) is 20.9 Å². The predicted molar refractivity (Wildman–Crippen MR) is 97.7 cm³/mol. The Morgan fingerprint density at radius 2 is 1.96 bits per heavy atom. The lowest BCUT2D eigenvalue weighted by Crippen LogP contribution is -2.40. The summed E-state index contributed by atoms with van der Waals surface area (Å²) in [6.07, 6.45) is 3.19. The summed E-state index contributed by atoms with van der Waals surface area (Å²) in [5.41, 5.74) is 1.57. The number of benzene rings is 1. The van der Waals surface area contributed by atoms with Gasteiger partial charge in [-0.25, -0.2) is 4.98 Å². The van der Waals surface area contributed by atoms with E-state index in [0.717, 1.165) is 5.56 Å². The van der Waals surface area contributed by atoms with Gasteiger partial charge in [-0.1, -0.05) is 41.7 Å². The van der Waals surface area contributed by atoms with E-state index in [1.807, 2.05) is 30.3 Å². The van der Waals surface area contributed by atoms with Crippen LogP contribution in [-0.4, -0.2) is 48.0 Å². The Balaban J connectivity index is 1.64. The van der Waals surface area contributed by atoms with Crippen molar-refractivity contribution in [1.82, 2.24) is 9.88 Å². The highest BCUT2D eigenvalue weighted by Crippen LogP contribution is 2.24. The molecule has 0 aliphatic carbocycles. The van der Waals surface area contributed by atoms with E-state index in [4.69, 9.17) is 4.74 Å². The van der Waals surface area contributed by atoms with Crippen LogP contribution in [0, 0.1) is 6.92 Å². The van der Waals surface area contributed by atoms with Crippen molar-refractivity contribution in [2.75, 3.05) is 31.6 Å². The Kier molecular flexibility index (Phi) is 5.57. The first kappa shape index (κ1) is 17.3. The predicted octanol–water partition coefficient (Wildman–Crippen LogP) is 2.58. The Labute approximate surface area is 150 Å². The zero-order chi connectivity index (χ0) is 17.6. The molecule has 0 bridgehead atoms. The van der Waals surface area contributed by atoms with Crippen molar-refractivity contribution in [1.29, 1.82) is 0 Å². The fourth-order valence-electron chi connectivity index (χ4n) is 2.44. The molecule has 2 aromatic rings. The van der Waals surface area contributed by atoms with E-state index < -0.39 is 0 Å². The van der Waals surface area contributed by atoms with Crippen molar-refractivity contribution in [3.8, 4) is 0 Å². The lowest BCUT2D eigenvalue weighted by Gasteiger charge is -2.26. The van der Waals surface area contributed by atoms with Gasteiger partial charge in [0.2, 0.25) is 5.91 Å². The van der Waals surface area contributed by atoms with Gasteiger partial charge in [-0.15, -0.1) is 0 Å². The van der Waals surface area contributed by atoms with Crippen LogP contribution in [0.2, 0.25) is 0 Å². The second-order valence-corrected chi connectivity index (χ2v) is 6.57. The van der Waals surface area contributed by atoms with Crippen LogP contribution in [0.25, 0.3) is 6.08 Å². The van der Waals surface area contributed by atoms with Crippen molar-refractivity contribution >= 4 is 34.4 Å². The van der Waals surface area contributed by atoms with E-state index in [2.05, 4.69) is 10.3 Å². The molecule has 1 fully saturated rings. The molecule has 1 aliphatic rings. The number of thiazole rings is 1. The lowest BCUT2D eigenvalue weighted by atomic mass is 10.2. The number of morpholine rings is 1. The monoisotopic (exact) mass is 357 g/mol. The van der Waals surface area contributed by atoms with Crippen molar-refractivity contribution in [2.24, 2.45) is 0 Å². The first-order valence-corrected chi connectivity index (χ1v) is 8.83. The average Bonchev–Trinajstić information content (AvgIpc) is 3.01. The second-order valence-electron chi connectivity index (χ2n) is 5.57. The number of hydrogen-bond acceptors (Lipinski definition) is 5. The van der Waals surface area contributed by atoms with Crippen LogP contribution in [0.15, 0.2) is 36.4 Å². The van der Waals surface area contributed by atoms with Crippen molar-refractivity contribution in [3.63, 3.8) is 0 Å². The summed E-state index contributed by atoms with van der Waals surface area (Å²) < 4.78 is 5.27. The van der Waals surface area contributed by atoms with Crippen LogP contribution >= 0.6 is 11.3 Å². The Hall–Kier alpha value is -2.51. The van der Waals surface area contributed by atoms with Crippen LogP contribution in [0.3, 0.4) is 0 Å². The van der Waals surface area contributed by atoms with Crippen LogP contribution in [-0.2, 0) is 9.53 Å². The number of aromatic nitrogens is 1. The zero-order valence-corrected chi connectivity index (χ0v) is 14.7. The smallest absolute Gasteiger partial charge is 0.266 e. The molecule has 0 atom stereocenters. The molecular formula is C18H19N3O3S. The van der Waals surface area contributed by atoms with Gasteiger partial charge >= 0.3 is 0 Å². The fourth-order valence-corrected chi connectivity index (χ4v) is 3.38. The summed E-state index contributed by atoms with van der Waals surface area (Å²) in [4.78, 5) is 31.2. The SMILES string of the molecule is Cc1nc(NC(=O)/C=C\c2ccccc2)sc1C(=O)N1CCOCC1. The fraction of sp³-hybridized carbons (Fsp3) is 0.278. The van der Waals surface area contributed by atoms with Gasteiger partial charge in [0.25, 0.3) is 5.91 Å². The van der Waals surface area contributed by atoms with Crippen molar-refractivity contribution in [3.05, 3.63) is 52.5 Å². The van der Waals surface area contributed by atoms with Gasteiger partial charge in [0.05, 0.1) is 18.9 Å². The molecule has 130 valence electrons. The maximum absolute atomic E-state index is 12.5. The van der Waals surface area contributed by atoms with Gasteiger partial charge in [-0.05, 0) is 18.6 Å². The van der Waals surface area contributed by atoms with E-state index in [1.165, 1.54) is 17.4 Å². The largest absolute Gasteiger partial charge is 0.378 e. The van der Waals surface area contributed by atoms with E-state index >= 15 is 0 Å². The lowest BCUT2D eigenvalue weighted by molar-refractivity contribution is -0.111. The number of nitrogens with zero attached hydrogens (tertiary/aromatic N) is 2. The van der Waals surface area contributed by atoms with Gasteiger partial charge < -0.3 is 9.64 Å². The molecule has 7 heteroatoms. The Morgan fingerprint density at radius 1 is 1.24 bits per heavy atom. The van der Waals surface area contributed by atoms with Gasteiger partial charge in [0.1, 0.15) is 4.88 Å². The number of ether oxygens (including phenoxy) is 1. The standard InChI is InChI=1S/C18H19N3O3S/c1-13-16(17(23)21-9-11-24-12-10-21)25-18(19-13)20-15(22)8-7-14-5-3-2-4-6-14/h2-8H,9-12H2,1H3,(H,19,20,22)/b8-7-. The topological polar surface area (TPSA) is 71.5 Å². The number of carbonyl (C=O) groups excluding carboxylic acids is 2. The van der Waals surface area contributed by atoms with E-state index in [0.29, 0.717) is 42.0 Å². The molecule has 6 nitrogen and oxygen atoms in total. The van der Waals surface area contributed by atoms with Crippen molar-refractivity contribution in [2.45, 2.75) is 6.92 Å². The molecule has 3 rings (SSSR count). The Bertz CT molecular complexity index is 780. The summed E-state index contributed by atoms with van der Waals surface area (Å²) in [7, 11) is 0. The van der Waals surface area contributed by atoms with Crippen LogP contribution in [0.4, 0.5) is 5.13 Å². The summed E-state index contributed by atoms with van der Waals surface area (Å²) in [5.74, 6) is -0.332. The Morgan fingerprint density at radius 3 is 2.68 bits per heavy atom. The first-order valence-electron chi connectivity index (χ1n) is 8.02. The summed E-state index contributed by atoms with van der Waals surface area (Å²) in [6, 6.07) is 9.56. The highest BCUT2D eigenvalue weighted by Gasteiger charge is 2.23. The molecule has 1 aliphatic heterocycles. The number of anilines is 1. The molecule has 0 spiro atoms. The van der Waals surface area contributed by atoms with E-state index in [-0.39, 0.29) is 11.8 Å². The number of carbonyl (C=O) groups is 2. The molecule has 0 radical (unpaired) electrons. The van der Waals surface area contributed by atoms with Gasteiger partial charge in [0, 0.05) is 19.2 Å². The summed E-state index contributed by atoms with van der Waals surface area (Å²) in [6.45, 7) is 4.05. The molecule has 0 saturated carbocycles. The summed E-state index contributed by atoms with van der Waals surface area (Å²) >= 11 is 1.20. The number of aryl methyl sites for hydroxylation is 1. The number of rotatable bonds is 4. The summed E-state index contributed by atoms with van der Waals surface area (Å²) in [5, 5.41) is 3.15. The minimum absolute atomic E-state index is 0.0568. The average molecular weight is 357 g/mol. The van der Waals surface area contributed by atoms with Crippen LogP contribution in [0.5, 0.6) is 0 Å². The molecule has 1 saturated heterocycles. The maximum atomic E-state index is 12.5. The third kappa shape index (κ3) is 4.52. The normalized spacial score (nSPS) is 14.7. The molecule has 1 N–H and O–H groups in total. The molecule has 1 aromatic carbocycles. The van der Waals surface area contributed by atoms with Gasteiger partial charge in [-0.2, -0.15) is 0 Å². The number of nitrogens with one attached hydrogen (secondary N) is 1. The van der Waals surface area contributed by atoms with Crippen LogP contribution < -0.4 is 5.32 Å². The number of hydrogen-bond donors (Lipinski definition) is 1. The van der Waals surface area contributed by atoms with Crippen molar-refractivity contribution < 1.29 is 14.3 Å². The zero-order valence-electron chi connectivity index (χ0n) is 13.9.